The van der Waals surface area contributed by atoms with E-state index < -0.39 is 0 Å². The molecule has 0 amide bonds. The molecule has 2 atom stereocenters. The maximum Gasteiger partial charge on any atom is 0.0568 e. The molecule has 2 fully saturated rings. The highest BCUT2D eigenvalue weighted by Gasteiger charge is 2.27. The largest absolute Gasteiger partial charge is 0.393 e. The summed E-state index contributed by atoms with van der Waals surface area (Å²) in [5, 5.41) is 9.83. The third kappa shape index (κ3) is 3.69. The minimum Gasteiger partial charge on any atom is -0.393 e. The van der Waals surface area contributed by atoms with Crippen molar-refractivity contribution < 1.29 is 5.11 Å². The number of rotatable bonds is 4. The summed E-state index contributed by atoms with van der Waals surface area (Å²) in [6.07, 6.45) is 10.3. The van der Waals surface area contributed by atoms with Crippen LogP contribution in [0.3, 0.4) is 0 Å². The van der Waals surface area contributed by atoms with Gasteiger partial charge in [0.1, 0.15) is 0 Å². The van der Waals surface area contributed by atoms with Gasteiger partial charge in [-0.15, -0.1) is 0 Å². The van der Waals surface area contributed by atoms with Crippen LogP contribution in [0.2, 0.25) is 0 Å². The van der Waals surface area contributed by atoms with Gasteiger partial charge < -0.3 is 10.0 Å². The Kier molecular flexibility index (Phi) is 4.87. The fourth-order valence-corrected chi connectivity index (χ4v) is 3.59. The summed E-state index contributed by atoms with van der Waals surface area (Å²) in [7, 11) is 2.28. The third-order valence-electron chi connectivity index (χ3n) is 5.08. The Morgan fingerprint density at radius 3 is 2.35 bits per heavy atom. The topological polar surface area (TPSA) is 23.5 Å². The lowest BCUT2D eigenvalue weighted by Crippen LogP contribution is -2.36. The van der Waals surface area contributed by atoms with Crippen LogP contribution in [0.1, 0.15) is 58.3 Å². The summed E-state index contributed by atoms with van der Waals surface area (Å²) in [4.78, 5) is 2.55. The van der Waals surface area contributed by atoms with Gasteiger partial charge in [0.25, 0.3) is 0 Å². The Labute approximate surface area is 106 Å². The van der Waals surface area contributed by atoms with E-state index in [4.69, 9.17) is 0 Å². The van der Waals surface area contributed by atoms with Crippen molar-refractivity contribution >= 4 is 0 Å². The molecule has 0 aliphatic heterocycles. The molecule has 2 aliphatic carbocycles. The van der Waals surface area contributed by atoms with Gasteiger partial charge in [-0.25, -0.2) is 0 Å². The Bertz CT molecular complexity index is 223. The summed E-state index contributed by atoms with van der Waals surface area (Å²) >= 11 is 0. The Hall–Kier alpha value is -0.0800. The second-order valence-corrected chi connectivity index (χ2v) is 6.44. The molecule has 17 heavy (non-hydrogen) atoms. The highest BCUT2D eigenvalue weighted by Crippen LogP contribution is 2.30. The number of nitrogens with zero attached hydrogens (tertiary/aromatic N) is 1. The lowest BCUT2D eigenvalue weighted by atomic mass is 9.86. The summed E-state index contributed by atoms with van der Waals surface area (Å²) < 4.78 is 0. The first-order chi connectivity index (χ1) is 8.16. The first-order valence-corrected chi connectivity index (χ1v) is 7.55. The van der Waals surface area contributed by atoms with E-state index in [0.717, 1.165) is 18.4 Å². The highest BCUT2D eigenvalue weighted by molar-refractivity contribution is 4.80. The highest BCUT2D eigenvalue weighted by atomic mass is 16.3. The average Bonchev–Trinajstić information content (AvgIpc) is 2.73. The lowest BCUT2D eigenvalue weighted by molar-refractivity contribution is 0.108. The molecule has 0 radical (unpaired) electrons. The van der Waals surface area contributed by atoms with E-state index in [2.05, 4.69) is 18.9 Å². The molecule has 0 aromatic heterocycles. The number of hydrogen-bond acceptors (Lipinski definition) is 2. The van der Waals surface area contributed by atoms with Gasteiger partial charge in [-0.2, -0.15) is 0 Å². The Morgan fingerprint density at radius 1 is 1.06 bits per heavy atom. The van der Waals surface area contributed by atoms with Gasteiger partial charge >= 0.3 is 0 Å². The summed E-state index contributed by atoms with van der Waals surface area (Å²) in [5.74, 6) is 1.52. The molecule has 2 nitrogen and oxygen atoms in total. The van der Waals surface area contributed by atoms with E-state index in [1.807, 2.05) is 0 Å². The zero-order valence-corrected chi connectivity index (χ0v) is 11.6. The first-order valence-electron chi connectivity index (χ1n) is 7.55. The van der Waals surface area contributed by atoms with Gasteiger partial charge in [-0.05, 0) is 70.4 Å². The van der Waals surface area contributed by atoms with Crippen LogP contribution in [0.4, 0.5) is 0 Å². The van der Waals surface area contributed by atoms with Crippen molar-refractivity contribution in [2.75, 3.05) is 13.6 Å². The standard InChI is InChI=1S/C15H29NO/c1-12-6-8-14(9-7-12)16(2)11-10-13-4-3-5-15(13)17/h12-15,17H,3-11H2,1-2H3. The second-order valence-electron chi connectivity index (χ2n) is 6.44. The molecule has 0 spiro atoms. The zero-order valence-electron chi connectivity index (χ0n) is 11.6. The van der Waals surface area contributed by atoms with E-state index in [0.29, 0.717) is 5.92 Å². The predicted molar refractivity (Wildman–Crippen MR) is 72.0 cm³/mol. The normalized spacial score (nSPS) is 38.8. The van der Waals surface area contributed by atoms with Gasteiger partial charge in [0.2, 0.25) is 0 Å². The minimum absolute atomic E-state index is 0.00484. The van der Waals surface area contributed by atoms with Crippen molar-refractivity contribution in [1.82, 2.24) is 4.90 Å². The third-order valence-corrected chi connectivity index (χ3v) is 5.08. The fourth-order valence-electron chi connectivity index (χ4n) is 3.59. The molecule has 1 N–H and O–H groups in total. The van der Waals surface area contributed by atoms with E-state index >= 15 is 0 Å². The van der Waals surface area contributed by atoms with Crippen LogP contribution >= 0.6 is 0 Å². The minimum atomic E-state index is -0.00484. The predicted octanol–water partition coefficient (Wildman–Crippen LogP) is 3.05. The van der Waals surface area contributed by atoms with Crippen LogP contribution in [-0.2, 0) is 0 Å². The van der Waals surface area contributed by atoms with Gasteiger partial charge in [-0.1, -0.05) is 13.3 Å². The Morgan fingerprint density at radius 2 is 1.76 bits per heavy atom. The van der Waals surface area contributed by atoms with Crippen molar-refractivity contribution in [3.63, 3.8) is 0 Å². The molecule has 0 aromatic rings. The lowest BCUT2D eigenvalue weighted by Gasteiger charge is -2.34. The van der Waals surface area contributed by atoms with E-state index in [-0.39, 0.29) is 6.10 Å². The number of aliphatic hydroxyl groups excluding tert-OH is 1. The van der Waals surface area contributed by atoms with Crippen molar-refractivity contribution in [2.24, 2.45) is 11.8 Å². The van der Waals surface area contributed by atoms with Gasteiger partial charge in [0.05, 0.1) is 6.10 Å². The summed E-state index contributed by atoms with van der Waals surface area (Å²) in [6.45, 7) is 3.56. The van der Waals surface area contributed by atoms with E-state index in [9.17, 15) is 5.11 Å². The average molecular weight is 239 g/mol. The van der Waals surface area contributed by atoms with Crippen LogP contribution in [0, 0.1) is 11.8 Å². The molecule has 0 heterocycles. The van der Waals surface area contributed by atoms with Crippen LogP contribution in [0.15, 0.2) is 0 Å². The van der Waals surface area contributed by atoms with Crippen LogP contribution in [0.5, 0.6) is 0 Å². The van der Waals surface area contributed by atoms with E-state index in [1.165, 1.54) is 51.5 Å². The molecular formula is C15H29NO. The van der Waals surface area contributed by atoms with Crippen molar-refractivity contribution in [2.45, 2.75) is 70.4 Å². The number of hydrogen-bond donors (Lipinski definition) is 1. The molecular weight excluding hydrogens is 210 g/mol. The Balaban J connectivity index is 1.68. The molecule has 2 rings (SSSR count). The fraction of sp³-hybridized carbons (Fsp3) is 1.00. The van der Waals surface area contributed by atoms with Crippen molar-refractivity contribution in [3.05, 3.63) is 0 Å². The first kappa shape index (κ1) is 13.4. The molecule has 0 saturated heterocycles. The summed E-state index contributed by atoms with van der Waals surface area (Å²) in [6, 6.07) is 0.810. The zero-order chi connectivity index (χ0) is 12.3. The summed E-state index contributed by atoms with van der Waals surface area (Å²) in [5.41, 5.74) is 0. The maximum atomic E-state index is 9.83. The van der Waals surface area contributed by atoms with Gasteiger partial charge in [-0.3, -0.25) is 0 Å². The molecule has 0 aromatic carbocycles. The van der Waals surface area contributed by atoms with Crippen molar-refractivity contribution in [3.8, 4) is 0 Å². The van der Waals surface area contributed by atoms with E-state index in [1.54, 1.807) is 0 Å². The second kappa shape index (κ2) is 6.19. The molecule has 100 valence electrons. The maximum absolute atomic E-state index is 9.83. The van der Waals surface area contributed by atoms with Crippen molar-refractivity contribution in [1.29, 1.82) is 0 Å². The monoisotopic (exact) mass is 239 g/mol. The quantitative estimate of drug-likeness (QED) is 0.815. The van der Waals surface area contributed by atoms with Gasteiger partial charge in [0, 0.05) is 6.04 Å². The number of aliphatic hydroxyl groups is 1. The molecule has 2 saturated carbocycles. The van der Waals surface area contributed by atoms with Crippen LogP contribution in [0.25, 0.3) is 0 Å². The van der Waals surface area contributed by atoms with Crippen LogP contribution in [-0.4, -0.2) is 35.7 Å². The van der Waals surface area contributed by atoms with Gasteiger partial charge in [0.15, 0.2) is 0 Å². The van der Waals surface area contributed by atoms with Crippen LogP contribution < -0.4 is 0 Å². The smallest absolute Gasteiger partial charge is 0.0568 e. The molecule has 2 heteroatoms. The molecule has 2 aliphatic rings. The molecule has 0 bridgehead atoms. The SMILES string of the molecule is CC1CCC(N(C)CCC2CCCC2O)CC1. The molecule has 2 unspecified atom stereocenters.